The highest BCUT2D eigenvalue weighted by atomic mass is 32.2. The molecule has 1 aromatic carbocycles. The molecule has 0 atom stereocenters. The van der Waals surface area contributed by atoms with E-state index < -0.39 is 0 Å². The molecule has 0 unspecified atom stereocenters. The van der Waals surface area contributed by atoms with E-state index in [1.54, 1.807) is 12.4 Å². The van der Waals surface area contributed by atoms with Crippen molar-refractivity contribution in [1.82, 2.24) is 24.5 Å². The van der Waals surface area contributed by atoms with Gasteiger partial charge in [-0.05, 0) is 50.2 Å². The Balaban J connectivity index is 1.47. The first-order valence-corrected chi connectivity index (χ1v) is 11.6. The quantitative estimate of drug-likeness (QED) is 0.545. The summed E-state index contributed by atoms with van der Waals surface area (Å²) in [5.74, 6) is -0.208. The summed E-state index contributed by atoms with van der Waals surface area (Å²) in [5, 5.41) is 7.97. The van der Waals surface area contributed by atoms with E-state index in [0.29, 0.717) is 17.2 Å². The van der Waals surface area contributed by atoms with Gasteiger partial charge in [0.1, 0.15) is 11.6 Å². The van der Waals surface area contributed by atoms with Gasteiger partial charge >= 0.3 is 5.69 Å². The summed E-state index contributed by atoms with van der Waals surface area (Å²) in [6.45, 7) is 2.59. The third-order valence-electron chi connectivity index (χ3n) is 5.48. The highest BCUT2D eigenvalue weighted by molar-refractivity contribution is 7.99. The largest absolute Gasteiger partial charge is 0.354 e. The number of allylic oxidation sites excluding steroid dienone is 1. The first kappa shape index (κ1) is 21.4. The van der Waals surface area contributed by atoms with Crippen LogP contribution in [0.2, 0.25) is 0 Å². The van der Waals surface area contributed by atoms with Crippen molar-refractivity contribution in [3.63, 3.8) is 0 Å². The number of nitrogens with one attached hydrogen (secondary N) is 1. The lowest BCUT2D eigenvalue weighted by molar-refractivity contribution is -0.121. The van der Waals surface area contributed by atoms with Gasteiger partial charge in [-0.2, -0.15) is 0 Å². The highest BCUT2D eigenvalue weighted by Gasteiger charge is 2.16. The van der Waals surface area contributed by atoms with Gasteiger partial charge in [0.25, 0.3) is 0 Å². The second-order valence-corrected chi connectivity index (χ2v) is 8.67. The van der Waals surface area contributed by atoms with Crippen LogP contribution >= 0.6 is 11.8 Å². The first-order chi connectivity index (χ1) is 15.2. The van der Waals surface area contributed by atoms with E-state index in [1.165, 1.54) is 44.8 Å². The molecule has 0 aliphatic heterocycles. The molecule has 1 aliphatic rings. The summed E-state index contributed by atoms with van der Waals surface area (Å²) in [4.78, 5) is 30.7. The molecule has 0 spiro atoms. The van der Waals surface area contributed by atoms with Crippen molar-refractivity contribution < 1.29 is 4.79 Å². The van der Waals surface area contributed by atoms with Crippen molar-refractivity contribution in [2.24, 2.45) is 0 Å². The molecule has 8 heteroatoms. The summed E-state index contributed by atoms with van der Waals surface area (Å²) in [6, 6.07) is 8.12. The molecule has 4 rings (SSSR count). The summed E-state index contributed by atoms with van der Waals surface area (Å²) in [6.07, 6.45) is 12.0. The Morgan fingerprint density at radius 1 is 1.26 bits per heavy atom. The van der Waals surface area contributed by atoms with Gasteiger partial charge in [-0.3, -0.25) is 4.79 Å². The summed E-state index contributed by atoms with van der Waals surface area (Å²) in [7, 11) is 0. The smallest absolute Gasteiger partial charge is 0.350 e. The maximum Gasteiger partial charge on any atom is 0.350 e. The maximum absolute atomic E-state index is 12.8. The Kier molecular flexibility index (Phi) is 6.86. The molecule has 0 saturated heterocycles. The van der Waals surface area contributed by atoms with Crippen molar-refractivity contribution >= 4 is 23.3 Å². The van der Waals surface area contributed by atoms with Gasteiger partial charge in [-0.1, -0.05) is 48.5 Å². The highest BCUT2D eigenvalue weighted by Crippen LogP contribution is 2.31. The number of benzene rings is 1. The molecule has 162 valence electrons. The number of carbonyl (C=O) groups is 1. The van der Waals surface area contributed by atoms with E-state index in [2.05, 4.69) is 34.5 Å². The Morgan fingerprint density at radius 2 is 2.13 bits per heavy atom. The minimum Gasteiger partial charge on any atom is -0.354 e. The molecule has 0 bridgehead atoms. The van der Waals surface area contributed by atoms with Crippen LogP contribution in [0.1, 0.15) is 44.6 Å². The molecule has 1 aliphatic carbocycles. The average Bonchev–Trinajstić information content (AvgIpc) is 3.11. The zero-order valence-corrected chi connectivity index (χ0v) is 18.5. The number of aryl methyl sites for hydroxylation is 1. The third-order valence-corrected chi connectivity index (χ3v) is 6.58. The van der Waals surface area contributed by atoms with Crippen LogP contribution in [0.25, 0.3) is 5.65 Å². The van der Waals surface area contributed by atoms with E-state index in [9.17, 15) is 9.59 Å². The Morgan fingerprint density at radius 3 is 2.94 bits per heavy atom. The number of amides is 1. The van der Waals surface area contributed by atoms with Gasteiger partial charge in [0.2, 0.25) is 5.91 Å². The van der Waals surface area contributed by atoms with Crippen LogP contribution in [-0.2, 0) is 17.8 Å². The van der Waals surface area contributed by atoms with Crippen LogP contribution < -0.4 is 11.0 Å². The van der Waals surface area contributed by atoms with Gasteiger partial charge in [0.05, 0.1) is 0 Å². The Hall–Kier alpha value is -2.87. The monoisotopic (exact) mass is 437 g/mol. The van der Waals surface area contributed by atoms with Crippen molar-refractivity contribution in [2.45, 2.75) is 61.9 Å². The van der Waals surface area contributed by atoms with Gasteiger partial charge in [-0.15, -0.1) is 5.10 Å². The van der Waals surface area contributed by atoms with E-state index in [4.69, 9.17) is 0 Å². The number of nitrogens with zero attached hydrogens (tertiary/aromatic N) is 4. The lowest BCUT2D eigenvalue weighted by Gasteiger charge is -2.12. The number of rotatable bonds is 8. The molecule has 0 fully saturated rings. The zero-order chi connectivity index (χ0) is 21.6. The fourth-order valence-electron chi connectivity index (χ4n) is 3.79. The van der Waals surface area contributed by atoms with Crippen LogP contribution in [-0.4, -0.2) is 31.6 Å². The van der Waals surface area contributed by atoms with Crippen LogP contribution in [0.3, 0.4) is 0 Å². The molecule has 7 nitrogen and oxygen atoms in total. The van der Waals surface area contributed by atoms with Crippen LogP contribution in [0.4, 0.5) is 0 Å². The number of carbonyl (C=O) groups excluding carboxylic acids is 1. The average molecular weight is 438 g/mol. The van der Waals surface area contributed by atoms with Crippen molar-refractivity contribution in [2.75, 3.05) is 6.54 Å². The molecule has 0 radical (unpaired) electrons. The standard InChI is InChI=1S/C23H27N5O2S/c1-2-18-10-6-7-11-19(18)31-22-21-26-28(23(30)27(21)15-14-25-22)16-20(29)24-13-12-17-8-4-3-5-9-17/h6-8,10-11,14-15H,2-5,9,12-13,16H2,1H3,(H,24,29). The van der Waals surface area contributed by atoms with Gasteiger partial charge < -0.3 is 5.32 Å². The van der Waals surface area contributed by atoms with E-state index in [1.807, 2.05) is 18.2 Å². The molecule has 3 aromatic rings. The van der Waals surface area contributed by atoms with Crippen LogP contribution in [0, 0.1) is 0 Å². The number of fused-ring (bicyclic) bond motifs is 1. The minimum absolute atomic E-state index is 0.102. The Bertz CT molecular complexity index is 1160. The summed E-state index contributed by atoms with van der Waals surface area (Å²) >= 11 is 1.49. The summed E-state index contributed by atoms with van der Waals surface area (Å²) in [5.41, 5.74) is 2.75. The third kappa shape index (κ3) is 5.07. The van der Waals surface area contributed by atoms with Gasteiger partial charge in [0, 0.05) is 23.8 Å². The number of hydrogen-bond acceptors (Lipinski definition) is 5. The maximum atomic E-state index is 12.8. The fraction of sp³-hybridized carbons (Fsp3) is 0.391. The Labute approximate surface area is 185 Å². The fourth-order valence-corrected chi connectivity index (χ4v) is 4.83. The van der Waals surface area contributed by atoms with E-state index in [0.717, 1.165) is 30.6 Å². The predicted octanol–water partition coefficient (Wildman–Crippen LogP) is 3.61. The zero-order valence-electron chi connectivity index (χ0n) is 17.7. The van der Waals surface area contributed by atoms with Crippen molar-refractivity contribution in [1.29, 1.82) is 0 Å². The molecule has 2 aromatic heterocycles. The van der Waals surface area contributed by atoms with E-state index >= 15 is 0 Å². The molecule has 1 N–H and O–H groups in total. The first-order valence-electron chi connectivity index (χ1n) is 10.8. The SMILES string of the molecule is CCc1ccccc1Sc1nccn2c(=O)n(CC(=O)NCCC3=CCCCC3)nc12. The normalized spacial score (nSPS) is 13.9. The van der Waals surface area contributed by atoms with E-state index in [-0.39, 0.29) is 18.1 Å². The molecule has 31 heavy (non-hydrogen) atoms. The minimum atomic E-state index is -0.340. The lowest BCUT2D eigenvalue weighted by Crippen LogP contribution is -2.33. The second kappa shape index (κ2) is 9.96. The van der Waals surface area contributed by atoms with Crippen molar-refractivity contribution in [3.8, 4) is 0 Å². The molecular formula is C23H27N5O2S. The molecule has 2 heterocycles. The second-order valence-electron chi connectivity index (χ2n) is 7.64. The number of aromatic nitrogens is 4. The molecular weight excluding hydrogens is 410 g/mol. The van der Waals surface area contributed by atoms with Crippen LogP contribution in [0.15, 0.2) is 63.0 Å². The summed E-state index contributed by atoms with van der Waals surface area (Å²) < 4.78 is 2.66. The number of hydrogen-bond donors (Lipinski definition) is 1. The lowest BCUT2D eigenvalue weighted by atomic mass is 9.97. The predicted molar refractivity (Wildman–Crippen MR) is 121 cm³/mol. The van der Waals surface area contributed by atoms with Crippen molar-refractivity contribution in [3.05, 3.63) is 64.4 Å². The van der Waals surface area contributed by atoms with Gasteiger partial charge in [0.15, 0.2) is 5.65 Å². The molecule has 0 saturated carbocycles. The van der Waals surface area contributed by atoms with Gasteiger partial charge in [-0.25, -0.2) is 18.9 Å². The van der Waals surface area contributed by atoms with Crippen LogP contribution in [0.5, 0.6) is 0 Å². The topological polar surface area (TPSA) is 81.3 Å². The molecule has 1 amide bonds.